The fourth-order valence-electron chi connectivity index (χ4n) is 1.31. The van der Waals surface area contributed by atoms with Gasteiger partial charge in [0.15, 0.2) is 0 Å². The highest BCUT2D eigenvalue weighted by atomic mass is 79.9. The standard InChI is InChI=1S/C9H7BrN4O2/c10-6-2-1-5(3-8(6)14(15)16)7-4-9(11)13-12-7/h1-4H,(H3,11,12,13). The van der Waals surface area contributed by atoms with Crippen molar-refractivity contribution >= 4 is 27.4 Å². The number of nitrogens with zero attached hydrogens (tertiary/aromatic N) is 2. The molecule has 1 aromatic carbocycles. The van der Waals surface area contributed by atoms with Crippen LogP contribution in [0.3, 0.4) is 0 Å². The van der Waals surface area contributed by atoms with Crippen molar-refractivity contribution in [1.29, 1.82) is 0 Å². The maximum atomic E-state index is 10.7. The van der Waals surface area contributed by atoms with E-state index in [1.54, 1.807) is 18.2 Å². The molecule has 0 aliphatic rings. The van der Waals surface area contributed by atoms with Gasteiger partial charge >= 0.3 is 0 Å². The van der Waals surface area contributed by atoms with Crippen LogP contribution in [-0.4, -0.2) is 15.1 Å². The molecule has 0 saturated carbocycles. The highest BCUT2D eigenvalue weighted by Gasteiger charge is 2.13. The number of hydrogen-bond acceptors (Lipinski definition) is 4. The fraction of sp³-hybridized carbons (Fsp3) is 0. The van der Waals surface area contributed by atoms with Gasteiger partial charge in [-0.05, 0) is 22.0 Å². The molecule has 0 spiro atoms. The zero-order valence-corrected chi connectivity index (χ0v) is 9.56. The van der Waals surface area contributed by atoms with Gasteiger partial charge in [-0.2, -0.15) is 5.10 Å². The van der Waals surface area contributed by atoms with E-state index in [0.717, 1.165) is 0 Å². The predicted molar refractivity (Wildman–Crippen MR) is 62.8 cm³/mol. The Morgan fingerprint density at radius 2 is 2.19 bits per heavy atom. The lowest BCUT2D eigenvalue weighted by atomic mass is 10.1. The van der Waals surface area contributed by atoms with Gasteiger partial charge in [-0.25, -0.2) is 0 Å². The minimum Gasteiger partial charge on any atom is -0.382 e. The molecule has 2 aromatic rings. The first-order valence-electron chi connectivity index (χ1n) is 4.33. The number of nitrogen functional groups attached to an aromatic ring is 1. The molecule has 2 rings (SSSR count). The Balaban J connectivity index is 2.51. The molecule has 0 radical (unpaired) electrons. The molecule has 7 heteroatoms. The molecule has 82 valence electrons. The van der Waals surface area contributed by atoms with Gasteiger partial charge in [-0.3, -0.25) is 15.2 Å². The molecule has 0 atom stereocenters. The van der Waals surface area contributed by atoms with E-state index in [1.165, 1.54) is 6.07 Å². The minimum atomic E-state index is -0.451. The third-order valence-corrected chi connectivity index (χ3v) is 2.72. The lowest BCUT2D eigenvalue weighted by Crippen LogP contribution is -1.90. The molecule has 16 heavy (non-hydrogen) atoms. The van der Waals surface area contributed by atoms with Crippen LogP contribution in [-0.2, 0) is 0 Å². The van der Waals surface area contributed by atoms with Crippen LogP contribution in [0.25, 0.3) is 11.3 Å². The number of nitro benzene ring substituents is 1. The molecule has 6 nitrogen and oxygen atoms in total. The number of anilines is 1. The van der Waals surface area contributed by atoms with E-state index in [0.29, 0.717) is 21.5 Å². The fourth-order valence-corrected chi connectivity index (χ4v) is 1.70. The Bertz CT molecular complexity index is 552. The quantitative estimate of drug-likeness (QED) is 0.652. The summed E-state index contributed by atoms with van der Waals surface area (Å²) in [6.45, 7) is 0. The summed E-state index contributed by atoms with van der Waals surface area (Å²) < 4.78 is 0.439. The van der Waals surface area contributed by atoms with E-state index in [-0.39, 0.29) is 5.69 Å². The van der Waals surface area contributed by atoms with E-state index in [1.807, 2.05) is 0 Å². The largest absolute Gasteiger partial charge is 0.382 e. The van der Waals surface area contributed by atoms with Crippen LogP contribution in [0.5, 0.6) is 0 Å². The molecule has 0 saturated heterocycles. The molecule has 0 bridgehead atoms. The summed E-state index contributed by atoms with van der Waals surface area (Å²) in [4.78, 5) is 10.3. The predicted octanol–water partition coefficient (Wildman–Crippen LogP) is 2.33. The zero-order valence-electron chi connectivity index (χ0n) is 7.98. The maximum Gasteiger partial charge on any atom is 0.284 e. The molecule has 0 amide bonds. The van der Waals surface area contributed by atoms with E-state index < -0.39 is 4.92 Å². The van der Waals surface area contributed by atoms with Crippen molar-refractivity contribution in [1.82, 2.24) is 10.2 Å². The molecule has 0 fully saturated rings. The van der Waals surface area contributed by atoms with Gasteiger partial charge in [0, 0.05) is 17.7 Å². The van der Waals surface area contributed by atoms with E-state index in [2.05, 4.69) is 26.1 Å². The average molecular weight is 283 g/mol. The van der Waals surface area contributed by atoms with Crippen LogP contribution >= 0.6 is 15.9 Å². The number of rotatable bonds is 2. The number of nitrogens with two attached hydrogens (primary N) is 1. The molecule has 1 heterocycles. The zero-order chi connectivity index (χ0) is 11.7. The van der Waals surface area contributed by atoms with Crippen molar-refractivity contribution in [3.05, 3.63) is 38.9 Å². The number of aromatic amines is 1. The van der Waals surface area contributed by atoms with Gasteiger partial charge in [-0.1, -0.05) is 6.07 Å². The first-order valence-corrected chi connectivity index (χ1v) is 5.12. The number of H-pyrrole nitrogens is 1. The van der Waals surface area contributed by atoms with E-state index in [4.69, 9.17) is 5.73 Å². The molecular weight excluding hydrogens is 276 g/mol. The van der Waals surface area contributed by atoms with Gasteiger partial charge in [-0.15, -0.1) is 0 Å². The van der Waals surface area contributed by atoms with Crippen molar-refractivity contribution in [2.45, 2.75) is 0 Å². The monoisotopic (exact) mass is 282 g/mol. The Kier molecular flexibility index (Phi) is 2.61. The summed E-state index contributed by atoms with van der Waals surface area (Å²) in [6, 6.07) is 6.43. The second kappa shape index (κ2) is 3.93. The summed E-state index contributed by atoms with van der Waals surface area (Å²) in [6.07, 6.45) is 0. The third-order valence-electron chi connectivity index (χ3n) is 2.05. The summed E-state index contributed by atoms with van der Waals surface area (Å²) >= 11 is 3.12. The molecular formula is C9H7BrN4O2. The molecule has 1 aromatic heterocycles. The highest BCUT2D eigenvalue weighted by Crippen LogP contribution is 2.30. The lowest BCUT2D eigenvalue weighted by molar-refractivity contribution is -0.385. The Labute approximate surface area is 98.7 Å². The van der Waals surface area contributed by atoms with Crippen LogP contribution < -0.4 is 5.73 Å². The maximum absolute atomic E-state index is 10.7. The third kappa shape index (κ3) is 1.89. The molecule has 0 unspecified atom stereocenters. The average Bonchev–Trinajstić information content (AvgIpc) is 2.65. The number of nitro groups is 1. The second-order valence-electron chi connectivity index (χ2n) is 3.13. The highest BCUT2D eigenvalue weighted by molar-refractivity contribution is 9.10. The van der Waals surface area contributed by atoms with Gasteiger partial charge < -0.3 is 5.73 Å². The van der Waals surface area contributed by atoms with Crippen LogP contribution in [0, 0.1) is 10.1 Å². The van der Waals surface area contributed by atoms with Crippen LogP contribution in [0.1, 0.15) is 0 Å². The van der Waals surface area contributed by atoms with Crippen LogP contribution in [0.2, 0.25) is 0 Å². The van der Waals surface area contributed by atoms with Gasteiger partial charge in [0.2, 0.25) is 0 Å². The van der Waals surface area contributed by atoms with Gasteiger partial charge in [0.25, 0.3) is 5.69 Å². The Morgan fingerprint density at radius 1 is 1.44 bits per heavy atom. The second-order valence-corrected chi connectivity index (χ2v) is 3.98. The van der Waals surface area contributed by atoms with Crippen molar-refractivity contribution in [2.24, 2.45) is 0 Å². The van der Waals surface area contributed by atoms with Crippen LogP contribution in [0.15, 0.2) is 28.7 Å². The number of halogens is 1. The Hall–Kier alpha value is -1.89. The van der Waals surface area contributed by atoms with Crippen LogP contribution in [0.4, 0.5) is 11.5 Å². The van der Waals surface area contributed by atoms with Gasteiger partial charge in [0.1, 0.15) is 5.82 Å². The summed E-state index contributed by atoms with van der Waals surface area (Å²) in [5.41, 5.74) is 6.78. The summed E-state index contributed by atoms with van der Waals surface area (Å²) in [5, 5.41) is 17.2. The Morgan fingerprint density at radius 3 is 2.75 bits per heavy atom. The summed E-state index contributed by atoms with van der Waals surface area (Å²) in [7, 11) is 0. The number of hydrogen-bond donors (Lipinski definition) is 2. The molecule has 3 N–H and O–H groups in total. The van der Waals surface area contributed by atoms with E-state index in [9.17, 15) is 10.1 Å². The number of aromatic nitrogens is 2. The first-order chi connectivity index (χ1) is 7.58. The molecule has 0 aliphatic heterocycles. The number of benzene rings is 1. The van der Waals surface area contributed by atoms with Crippen molar-refractivity contribution in [2.75, 3.05) is 5.73 Å². The summed E-state index contributed by atoms with van der Waals surface area (Å²) in [5.74, 6) is 0.348. The SMILES string of the molecule is Nc1cc(-c2ccc(Br)c([N+](=O)[O-])c2)[nH]n1. The van der Waals surface area contributed by atoms with E-state index >= 15 is 0 Å². The number of nitrogens with one attached hydrogen (secondary N) is 1. The topological polar surface area (TPSA) is 97.8 Å². The lowest BCUT2D eigenvalue weighted by Gasteiger charge is -1.99. The minimum absolute atomic E-state index is 0.00525. The smallest absolute Gasteiger partial charge is 0.284 e. The normalized spacial score (nSPS) is 10.3. The van der Waals surface area contributed by atoms with Gasteiger partial charge in [0.05, 0.1) is 15.1 Å². The first kappa shape index (κ1) is 10.6. The van der Waals surface area contributed by atoms with Crippen molar-refractivity contribution < 1.29 is 4.92 Å². The van der Waals surface area contributed by atoms with Crippen molar-refractivity contribution in [3.8, 4) is 11.3 Å². The molecule has 0 aliphatic carbocycles. The van der Waals surface area contributed by atoms with Crippen molar-refractivity contribution in [3.63, 3.8) is 0 Å².